The summed E-state index contributed by atoms with van der Waals surface area (Å²) >= 11 is 0. The molecule has 110 valence electrons. The van der Waals surface area contributed by atoms with Gasteiger partial charge in [0.05, 0.1) is 0 Å². The van der Waals surface area contributed by atoms with E-state index in [0.717, 1.165) is 11.6 Å². The summed E-state index contributed by atoms with van der Waals surface area (Å²) in [5, 5.41) is 3.11. The maximum absolute atomic E-state index is 13.9. The average molecular weight is 293 g/mol. The summed E-state index contributed by atoms with van der Waals surface area (Å²) in [5.74, 6) is -1.32. The van der Waals surface area contributed by atoms with E-state index in [1.807, 2.05) is 0 Å². The highest BCUT2D eigenvalue weighted by Crippen LogP contribution is 2.41. The lowest BCUT2D eigenvalue weighted by atomic mass is 9.93. The van der Waals surface area contributed by atoms with Crippen molar-refractivity contribution in [3.8, 4) is 5.75 Å². The summed E-state index contributed by atoms with van der Waals surface area (Å²) in [6.45, 7) is 0. The predicted molar refractivity (Wildman–Crippen MR) is 72.5 cm³/mol. The molecule has 3 rings (SSSR count). The fraction of sp³-hybridized carbons (Fsp3) is 0.250. The largest absolute Gasteiger partial charge is 0.485 e. The summed E-state index contributed by atoms with van der Waals surface area (Å²) in [6.07, 6.45) is -0.102. The molecule has 2 unspecified atom stereocenters. The molecule has 2 nitrogen and oxygen atoms in total. The lowest BCUT2D eigenvalue weighted by molar-refractivity contribution is 0.149. The number of nitrogens with one attached hydrogen (secondary N) is 1. The first-order valence-electron chi connectivity index (χ1n) is 6.67. The standard InChI is InChI=1S/C16H14F3NO/c1-20-14-8-16(11-4-2-9(17)6-13(11)19)21-15-7-10(18)3-5-12(14)15/h2-7,14,16,20H,8H2,1H3. The fourth-order valence-corrected chi connectivity index (χ4v) is 2.67. The van der Waals surface area contributed by atoms with E-state index in [-0.39, 0.29) is 11.6 Å². The fourth-order valence-electron chi connectivity index (χ4n) is 2.67. The van der Waals surface area contributed by atoms with Crippen LogP contribution in [0.1, 0.15) is 29.7 Å². The molecule has 1 N–H and O–H groups in total. The topological polar surface area (TPSA) is 21.3 Å². The molecular formula is C16H14F3NO. The number of ether oxygens (including phenoxy) is 1. The maximum Gasteiger partial charge on any atom is 0.133 e. The Morgan fingerprint density at radius 3 is 2.33 bits per heavy atom. The van der Waals surface area contributed by atoms with Crippen molar-refractivity contribution in [2.45, 2.75) is 18.6 Å². The molecule has 5 heteroatoms. The molecule has 2 aromatic carbocycles. The Labute approximate surface area is 120 Å². The molecule has 0 bridgehead atoms. The van der Waals surface area contributed by atoms with Gasteiger partial charge in [0.25, 0.3) is 0 Å². The van der Waals surface area contributed by atoms with Crippen LogP contribution in [0, 0.1) is 17.5 Å². The summed E-state index contributed by atoms with van der Waals surface area (Å²) in [5.41, 5.74) is 1.10. The van der Waals surface area contributed by atoms with Crippen LogP contribution < -0.4 is 10.1 Å². The van der Waals surface area contributed by atoms with Crippen molar-refractivity contribution >= 4 is 0 Å². The van der Waals surface area contributed by atoms with Crippen molar-refractivity contribution < 1.29 is 17.9 Å². The number of halogens is 3. The van der Waals surface area contributed by atoms with E-state index < -0.39 is 23.6 Å². The Balaban J connectivity index is 1.99. The van der Waals surface area contributed by atoms with Crippen LogP contribution in [-0.4, -0.2) is 7.05 Å². The van der Waals surface area contributed by atoms with Crippen molar-refractivity contribution in [1.82, 2.24) is 5.32 Å². The first-order chi connectivity index (χ1) is 10.1. The third-order valence-electron chi connectivity index (χ3n) is 3.73. The van der Waals surface area contributed by atoms with Gasteiger partial charge in [0, 0.05) is 35.7 Å². The number of rotatable bonds is 2. The van der Waals surface area contributed by atoms with E-state index in [1.54, 1.807) is 13.1 Å². The van der Waals surface area contributed by atoms with E-state index in [9.17, 15) is 13.2 Å². The van der Waals surface area contributed by atoms with Crippen molar-refractivity contribution in [3.05, 3.63) is 65.0 Å². The van der Waals surface area contributed by atoms with Crippen LogP contribution in [0.3, 0.4) is 0 Å². The van der Waals surface area contributed by atoms with Gasteiger partial charge >= 0.3 is 0 Å². The van der Waals surface area contributed by atoms with Gasteiger partial charge in [0.1, 0.15) is 29.3 Å². The number of hydrogen-bond acceptors (Lipinski definition) is 2. The Bertz CT molecular complexity index is 675. The molecule has 0 amide bonds. The van der Waals surface area contributed by atoms with Gasteiger partial charge in [-0.2, -0.15) is 0 Å². The second kappa shape index (κ2) is 5.41. The van der Waals surface area contributed by atoms with E-state index in [4.69, 9.17) is 4.74 Å². The molecule has 1 heterocycles. The van der Waals surface area contributed by atoms with Gasteiger partial charge in [0.15, 0.2) is 0 Å². The molecule has 0 spiro atoms. The van der Waals surface area contributed by atoms with Crippen LogP contribution in [0.5, 0.6) is 5.75 Å². The third kappa shape index (κ3) is 2.61. The average Bonchev–Trinajstić information content (AvgIpc) is 2.45. The second-order valence-corrected chi connectivity index (χ2v) is 5.03. The zero-order valence-corrected chi connectivity index (χ0v) is 11.4. The first kappa shape index (κ1) is 13.9. The minimum Gasteiger partial charge on any atom is -0.485 e. The summed E-state index contributed by atoms with van der Waals surface area (Å²) in [4.78, 5) is 0. The van der Waals surface area contributed by atoms with Crippen molar-refractivity contribution in [2.24, 2.45) is 0 Å². The number of benzene rings is 2. The van der Waals surface area contributed by atoms with Crippen LogP contribution in [0.2, 0.25) is 0 Å². The molecule has 1 aliphatic heterocycles. The number of hydrogen-bond donors (Lipinski definition) is 1. The van der Waals surface area contributed by atoms with Crippen LogP contribution in [0.4, 0.5) is 13.2 Å². The molecular weight excluding hydrogens is 279 g/mol. The molecule has 2 aromatic rings. The van der Waals surface area contributed by atoms with Crippen molar-refractivity contribution in [3.63, 3.8) is 0 Å². The van der Waals surface area contributed by atoms with Gasteiger partial charge in [-0.1, -0.05) is 6.07 Å². The quantitative estimate of drug-likeness (QED) is 0.907. The molecule has 1 aliphatic rings. The minimum atomic E-state index is -0.658. The molecule has 21 heavy (non-hydrogen) atoms. The molecule has 2 atom stereocenters. The van der Waals surface area contributed by atoms with Crippen LogP contribution in [0.15, 0.2) is 36.4 Å². The van der Waals surface area contributed by atoms with Gasteiger partial charge in [-0.05, 0) is 25.2 Å². The Hall–Kier alpha value is -2.01. The van der Waals surface area contributed by atoms with Gasteiger partial charge in [0.2, 0.25) is 0 Å². The second-order valence-electron chi connectivity index (χ2n) is 5.03. The van der Waals surface area contributed by atoms with Gasteiger partial charge in [-0.25, -0.2) is 13.2 Å². The van der Waals surface area contributed by atoms with E-state index >= 15 is 0 Å². The molecule has 0 saturated heterocycles. The third-order valence-corrected chi connectivity index (χ3v) is 3.73. The first-order valence-corrected chi connectivity index (χ1v) is 6.67. The maximum atomic E-state index is 13.9. The monoisotopic (exact) mass is 293 g/mol. The smallest absolute Gasteiger partial charge is 0.133 e. The molecule has 0 fully saturated rings. The van der Waals surface area contributed by atoms with Gasteiger partial charge in [-0.15, -0.1) is 0 Å². The van der Waals surface area contributed by atoms with Crippen LogP contribution in [0.25, 0.3) is 0 Å². The van der Waals surface area contributed by atoms with E-state index in [0.29, 0.717) is 12.2 Å². The highest BCUT2D eigenvalue weighted by molar-refractivity contribution is 5.40. The molecule has 0 aliphatic carbocycles. The zero-order valence-electron chi connectivity index (χ0n) is 11.4. The lowest BCUT2D eigenvalue weighted by Crippen LogP contribution is -2.27. The van der Waals surface area contributed by atoms with Crippen LogP contribution >= 0.6 is 0 Å². The summed E-state index contributed by atoms with van der Waals surface area (Å²) < 4.78 is 46.0. The van der Waals surface area contributed by atoms with Crippen molar-refractivity contribution in [2.75, 3.05) is 7.05 Å². The van der Waals surface area contributed by atoms with Gasteiger partial charge in [-0.3, -0.25) is 0 Å². The van der Waals surface area contributed by atoms with Crippen molar-refractivity contribution in [1.29, 1.82) is 0 Å². The predicted octanol–water partition coefficient (Wildman–Crippen LogP) is 3.89. The Kier molecular flexibility index (Phi) is 3.59. The normalized spacial score (nSPS) is 20.8. The highest BCUT2D eigenvalue weighted by Gasteiger charge is 2.30. The summed E-state index contributed by atoms with van der Waals surface area (Å²) in [6, 6.07) is 7.61. The SMILES string of the molecule is CNC1CC(c2ccc(F)cc2F)Oc2cc(F)ccc21. The summed E-state index contributed by atoms with van der Waals surface area (Å²) in [7, 11) is 1.78. The Morgan fingerprint density at radius 2 is 1.67 bits per heavy atom. The zero-order chi connectivity index (χ0) is 15.0. The minimum absolute atomic E-state index is 0.0798. The van der Waals surface area contributed by atoms with Crippen LogP contribution in [-0.2, 0) is 0 Å². The van der Waals surface area contributed by atoms with E-state index in [2.05, 4.69) is 5.32 Å². The molecule has 0 aromatic heterocycles. The molecule has 0 saturated carbocycles. The lowest BCUT2D eigenvalue weighted by Gasteiger charge is -2.32. The highest BCUT2D eigenvalue weighted by atomic mass is 19.1. The number of fused-ring (bicyclic) bond motifs is 1. The van der Waals surface area contributed by atoms with Gasteiger partial charge < -0.3 is 10.1 Å². The van der Waals surface area contributed by atoms with E-state index in [1.165, 1.54) is 24.3 Å². The Morgan fingerprint density at radius 1 is 1.00 bits per heavy atom. The molecule has 0 radical (unpaired) electrons.